The maximum atomic E-state index is 10.5. The highest BCUT2D eigenvalue weighted by atomic mass is 32.1. The topological polar surface area (TPSA) is 74.2 Å². The number of hydrogen-bond donors (Lipinski definition) is 3. The van der Waals surface area contributed by atoms with E-state index in [0.29, 0.717) is 5.69 Å². The molecule has 20 heavy (non-hydrogen) atoms. The van der Waals surface area contributed by atoms with E-state index in [2.05, 4.69) is 15.6 Å². The first kappa shape index (κ1) is 12.4. The molecular weight excluding hydrogens is 274 g/mol. The van der Waals surface area contributed by atoms with Crippen LogP contribution < -0.4 is 10.6 Å². The SMILES string of the molecule is O=C(O)Nc1ccc(Nc2nc3ccccc3s2)cc1. The molecule has 0 atom stereocenters. The molecule has 3 N–H and O–H groups in total. The Bertz CT molecular complexity index is 719. The summed E-state index contributed by atoms with van der Waals surface area (Å²) in [5.74, 6) is 0. The number of thiazole rings is 1. The lowest BCUT2D eigenvalue weighted by atomic mass is 10.3. The molecule has 0 aliphatic heterocycles. The van der Waals surface area contributed by atoms with Crippen molar-refractivity contribution in [3.63, 3.8) is 0 Å². The Morgan fingerprint density at radius 2 is 1.75 bits per heavy atom. The van der Waals surface area contributed by atoms with Crippen LogP contribution in [-0.4, -0.2) is 16.2 Å². The molecule has 0 aliphatic carbocycles. The highest BCUT2D eigenvalue weighted by Crippen LogP contribution is 2.28. The Balaban J connectivity index is 1.78. The normalized spacial score (nSPS) is 10.4. The lowest BCUT2D eigenvalue weighted by molar-refractivity contribution is 0.210. The van der Waals surface area contributed by atoms with Crippen molar-refractivity contribution < 1.29 is 9.90 Å². The van der Waals surface area contributed by atoms with Crippen LogP contribution in [0.15, 0.2) is 48.5 Å². The number of hydrogen-bond acceptors (Lipinski definition) is 4. The largest absolute Gasteiger partial charge is 0.465 e. The maximum absolute atomic E-state index is 10.5. The Morgan fingerprint density at radius 1 is 1.05 bits per heavy atom. The summed E-state index contributed by atoms with van der Waals surface area (Å²) in [6.07, 6.45) is -1.07. The molecule has 1 heterocycles. The van der Waals surface area contributed by atoms with E-state index in [-0.39, 0.29) is 0 Å². The van der Waals surface area contributed by atoms with Crippen LogP contribution in [0.1, 0.15) is 0 Å². The van der Waals surface area contributed by atoms with E-state index in [0.717, 1.165) is 21.0 Å². The van der Waals surface area contributed by atoms with Crippen LogP contribution in [0, 0.1) is 0 Å². The number of anilines is 3. The van der Waals surface area contributed by atoms with Crippen molar-refractivity contribution in [2.24, 2.45) is 0 Å². The standard InChI is InChI=1S/C14H11N3O2S/c18-14(19)16-10-7-5-9(6-8-10)15-13-17-11-3-1-2-4-12(11)20-13/h1-8,16H,(H,15,17)(H,18,19). The smallest absolute Gasteiger partial charge is 0.409 e. The molecule has 1 amide bonds. The summed E-state index contributed by atoms with van der Waals surface area (Å²) in [6.45, 7) is 0. The van der Waals surface area contributed by atoms with Gasteiger partial charge in [0.15, 0.2) is 5.13 Å². The Morgan fingerprint density at radius 3 is 2.45 bits per heavy atom. The number of rotatable bonds is 3. The van der Waals surface area contributed by atoms with Crippen molar-refractivity contribution in [3.05, 3.63) is 48.5 Å². The van der Waals surface area contributed by atoms with Crippen LogP contribution in [-0.2, 0) is 0 Å². The second-order valence-electron chi connectivity index (χ2n) is 4.12. The molecule has 1 aromatic heterocycles. The third kappa shape index (κ3) is 2.70. The summed E-state index contributed by atoms with van der Waals surface area (Å²) in [5.41, 5.74) is 2.36. The molecule has 0 spiro atoms. The van der Waals surface area contributed by atoms with Gasteiger partial charge >= 0.3 is 6.09 Å². The number of para-hydroxylation sites is 1. The Hall–Kier alpha value is -2.60. The first-order valence-corrected chi connectivity index (χ1v) is 6.75. The molecule has 3 rings (SSSR count). The highest BCUT2D eigenvalue weighted by Gasteiger charge is 2.03. The number of carbonyl (C=O) groups is 1. The molecular formula is C14H11N3O2S. The quantitative estimate of drug-likeness (QED) is 0.676. The fraction of sp³-hybridized carbons (Fsp3) is 0. The summed E-state index contributed by atoms with van der Waals surface area (Å²) >= 11 is 1.57. The van der Waals surface area contributed by atoms with Crippen LogP contribution in [0.4, 0.5) is 21.3 Å². The first-order chi connectivity index (χ1) is 9.70. The van der Waals surface area contributed by atoms with Gasteiger partial charge in [-0.3, -0.25) is 5.32 Å². The molecule has 0 unspecified atom stereocenters. The molecule has 6 heteroatoms. The monoisotopic (exact) mass is 285 g/mol. The second-order valence-corrected chi connectivity index (χ2v) is 5.15. The van der Waals surface area contributed by atoms with Gasteiger partial charge in [0.25, 0.3) is 0 Å². The van der Waals surface area contributed by atoms with Crippen LogP contribution >= 0.6 is 11.3 Å². The number of nitrogens with zero attached hydrogens (tertiary/aromatic N) is 1. The van der Waals surface area contributed by atoms with Gasteiger partial charge in [-0.1, -0.05) is 23.5 Å². The van der Waals surface area contributed by atoms with Gasteiger partial charge in [0, 0.05) is 11.4 Å². The van der Waals surface area contributed by atoms with Gasteiger partial charge in [-0.25, -0.2) is 9.78 Å². The summed E-state index contributed by atoms with van der Waals surface area (Å²) in [7, 11) is 0. The third-order valence-electron chi connectivity index (χ3n) is 2.68. The third-order valence-corrected chi connectivity index (χ3v) is 3.63. The Kier molecular flexibility index (Phi) is 3.22. The number of aromatic nitrogens is 1. The predicted octanol–water partition coefficient (Wildman–Crippen LogP) is 4.13. The van der Waals surface area contributed by atoms with Crippen molar-refractivity contribution in [2.75, 3.05) is 10.6 Å². The van der Waals surface area contributed by atoms with Gasteiger partial charge in [0.05, 0.1) is 10.2 Å². The summed E-state index contributed by atoms with van der Waals surface area (Å²) in [4.78, 5) is 15.0. The average molecular weight is 285 g/mol. The molecule has 100 valence electrons. The van der Waals surface area contributed by atoms with E-state index in [1.54, 1.807) is 35.6 Å². The van der Waals surface area contributed by atoms with Crippen LogP contribution in [0.25, 0.3) is 10.2 Å². The van der Waals surface area contributed by atoms with E-state index >= 15 is 0 Å². The van der Waals surface area contributed by atoms with Crippen molar-refractivity contribution in [3.8, 4) is 0 Å². The van der Waals surface area contributed by atoms with Crippen LogP contribution in [0.3, 0.4) is 0 Å². The van der Waals surface area contributed by atoms with Crippen molar-refractivity contribution in [1.29, 1.82) is 0 Å². The molecule has 3 aromatic rings. The van der Waals surface area contributed by atoms with E-state index in [1.165, 1.54) is 0 Å². The number of carboxylic acid groups (broad SMARTS) is 1. The van der Waals surface area contributed by atoms with Crippen LogP contribution in [0.2, 0.25) is 0 Å². The van der Waals surface area contributed by atoms with Gasteiger partial charge in [-0.15, -0.1) is 0 Å². The second kappa shape index (κ2) is 5.18. The zero-order valence-corrected chi connectivity index (χ0v) is 11.1. The van der Waals surface area contributed by atoms with Gasteiger partial charge < -0.3 is 10.4 Å². The summed E-state index contributed by atoms with van der Waals surface area (Å²) in [5, 5.41) is 14.9. The molecule has 0 saturated heterocycles. The molecule has 0 saturated carbocycles. The van der Waals surface area contributed by atoms with E-state index in [9.17, 15) is 4.79 Å². The van der Waals surface area contributed by atoms with Gasteiger partial charge in [-0.05, 0) is 36.4 Å². The van der Waals surface area contributed by atoms with Crippen LogP contribution in [0.5, 0.6) is 0 Å². The van der Waals surface area contributed by atoms with Crippen molar-refractivity contribution in [1.82, 2.24) is 4.98 Å². The number of fused-ring (bicyclic) bond motifs is 1. The summed E-state index contributed by atoms with van der Waals surface area (Å²) in [6, 6.07) is 14.9. The predicted molar refractivity (Wildman–Crippen MR) is 81.0 cm³/mol. The lowest BCUT2D eigenvalue weighted by Gasteiger charge is -2.04. The Labute approximate surface area is 118 Å². The zero-order chi connectivity index (χ0) is 13.9. The molecule has 5 nitrogen and oxygen atoms in total. The van der Waals surface area contributed by atoms with Crippen molar-refractivity contribution in [2.45, 2.75) is 0 Å². The van der Waals surface area contributed by atoms with E-state index in [4.69, 9.17) is 5.11 Å². The molecule has 0 fully saturated rings. The number of nitrogens with one attached hydrogen (secondary N) is 2. The number of benzene rings is 2. The minimum Gasteiger partial charge on any atom is -0.465 e. The first-order valence-electron chi connectivity index (χ1n) is 5.93. The van der Waals surface area contributed by atoms with Gasteiger partial charge in [0.2, 0.25) is 0 Å². The molecule has 0 aliphatic rings. The zero-order valence-electron chi connectivity index (χ0n) is 10.3. The fourth-order valence-corrected chi connectivity index (χ4v) is 2.70. The molecule has 0 bridgehead atoms. The minimum absolute atomic E-state index is 0.535. The minimum atomic E-state index is -1.07. The number of amides is 1. The van der Waals surface area contributed by atoms with E-state index in [1.807, 2.05) is 24.3 Å². The average Bonchev–Trinajstić information content (AvgIpc) is 2.82. The van der Waals surface area contributed by atoms with Gasteiger partial charge in [-0.2, -0.15) is 0 Å². The van der Waals surface area contributed by atoms with Crippen molar-refractivity contribution >= 4 is 44.2 Å². The maximum Gasteiger partial charge on any atom is 0.409 e. The molecule has 2 aromatic carbocycles. The summed E-state index contributed by atoms with van der Waals surface area (Å²) < 4.78 is 1.12. The van der Waals surface area contributed by atoms with E-state index < -0.39 is 6.09 Å². The fourth-order valence-electron chi connectivity index (χ4n) is 1.81. The van der Waals surface area contributed by atoms with Gasteiger partial charge in [0.1, 0.15) is 0 Å². The lowest BCUT2D eigenvalue weighted by Crippen LogP contribution is -2.06. The highest BCUT2D eigenvalue weighted by molar-refractivity contribution is 7.22. The molecule has 0 radical (unpaired) electrons.